The summed E-state index contributed by atoms with van der Waals surface area (Å²) in [5.41, 5.74) is -0.582. The molecule has 1 unspecified atom stereocenters. The Morgan fingerprint density at radius 2 is 1.83 bits per heavy atom. The molecule has 5 nitrogen and oxygen atoms in total. The molecule has 1 heterocycles. The number of carbonyl (C=O) groups is 2. The Morgan fingerprint density at radius 1 is 1.17 bits per heavy atom. The molecule has 130 valence electrons. The van der Waals surface area contributed by atoms with Gasteiger partial charge in [-0.3, -0.25) is 4.79 Å². The summed E-state index contributed by atoms with van der Waals surface area (Å²) in [6, 6.07) is 0. The summed E-state index contributed by atoms with van der Waals surface area (Å²) in [6.45, 7) is 4.20. The first-order chi connectivity index (χ1) is 11.1. The monoisotopic (exact) mass is 322 g/mol. The molecule has 0 radical (unpaired) electrons. The zero-order chi connectivity index (χ0) is 16.5. The van der Waals surface area contributed by atoms with Gasteiger partial charge in [0.05, 0.1) is 7.11 Å². The van der Waals surface area contributed by atoms with E-state index in [9.17, 15) is 9.59 Å². The van der Waals surface area contributed by atoms with Crippen LogP contribution in [0.5, 0.6) is 0 Å². The molecular formula is C18H30N2O3. The largest absolute Gasteiger partial charge is 0.467 e. The number of nitrogens with one attached hydrogen (secondary N) is 2. The fourth-order valence-electron chi connectivity index (χ4n) is 4.67. The van der Waals surface area contributed by atoms with Crippen molar-refractivity contribution in [2.45, 2.75) is 63.8 Å². The summed E-state index contributed by atoms with van der Waals surface area (Å²) in [5, 5.41) is 6.49. The lowest BCUT2D eigenvalue weighted by Gasteiger charge is -2.38. The SMILES string of the molecule is CCC1CCC(NC(=O)C2CC23CCNCC3)(C(=O)OC)CC1. The molecular weight excluding hydrogens is 292 g/mol. The Kier molecular flexibility index (Phi) is 4.68. The minimum Gasteiger partial charge on any atom is -0.467 e. The van der Waals surface area contributed by atoms with Crippen LogP contribution in [0.2, 0.25) is 0 Å². The molecule has 1 spiro atoms. The normalized spacial score (nSPS) is 35.6. The van der Waals surface area contributed by atoms with Gasteiger partial charge in [-0.2, -0.15) is 0 Å². The van der Waals surface area contributed by atoms with Crippen molar-refractivity contribution in [2.75, 3.05) is 20.2 Å². The molecule has 2 saturated carbocycles. The van der Waals surface area contributed by atoms with E-state index in [0.29, 0.717) is 18.8 Å². The average Bonchev–Trinajstić information content (AvgIpc) is 3.28. The molecule has 2 N–H and O–H groups in total. The van der Waals surface area contributed by atoms with Crippen LogP contribution >= 0.6 is 0 Å². The summed E-state index contributed by atoms with van der Waals surface area (Å²) in [6.07, 6.45) is 7.69. The van der Waals surface area contributed by atoms with Crippen LogP contribution in [0.1, 0.15) is 58.3 Å². The fraction of sp³-hybridized carbons (Fsp3) is 0.889. The van der Waals surface area contributed by atoms with Crippen molar-refractivity contribution in [3.05, 3.63) is 0 Å². The van der Waals surface area contributed by atoms with E-state index in [1.807, 2.05) is 0 Å². The summed E-state index contributed by atoms with van der Waals surface area (Å²) in [5.74, 6) is 0.573. The number of ether oxygens (including phenoxy) is 1. The Balaban J connectivity index is 1.65. The van der Waals surface area contributed by atoms with Gasteiger partial charge in [-0.25, -0.2) is 4.79 Å². The minimum atomic E-state index is -0.784. The summed E-state index contributed by atoms with van der Waals surface area (Å²) in [7, 11) is 1.42. The highest BCUT2D eigenvalue weighted by molar-refractivity contribution is 5.90. The molecule has 23 heavy (non-hydrogen) atoms. The predicted molar refractivity (Wildman–Crippen MR) is 87.8 cm³/mol. The van der Waals surface area contributed by atoms with Crippen molar-refractivity contribution in [3.63, 3.8) is 0 Å². The van der Waals surface area contributed by atoms with Crippen LogP contribution in [-0.2, 0) is 14.3 Å². The molecule has 0 aromatic rings. The number of amides is 1. The third kappa shape index (κ3) is 3.12. The van der Waals surface area contributed by atoms with E-state index in [1.165, 1.54) is 7.11 Å². The third-order valence-electron chi connectivity index (χ3n) is 6.58. The zero-order valence-electron chi connectivity index (χ0n) is 14.5. The Bertz CT molecular complexity index is 463. The van der Waals surface area contributed by atoms with E-state index in [1.54, 1.807) is 0 Å². The molecule has 3 aliphatic rings. The summed E-state index contributed by atoms with van der Waals surface area (Å²) in [4.78, 5) is 25.2. The molecule has 1 amide bonds. The van der Waals surface area contributed by atoms with E-state index in [-0.39, 0.29) is 23.2 Å². The van der Waals surface area contributed by atoms with Crippen molar-refractivity contribution in [2.24, 2.45) is 17.3 Å². The second-order valence-electron chi connectivity index (χ2n) is 7.78. The average molecular weight is 322 g/mol. The van der Waals surface area contributed by atoms with Gasteiger partial charge in [-0.1, -0.05) is 13.3 Å². The second-order valence-corrected chi connectivity index (χ2v) is 7.78. The first-order valence-corrected chi connectivity index (χ1v) is 9.16. The number of esters is 1. The highest BCUT2D eigenvalue weighted by Crippen LogP contribution is 2.58. The van der Waals surface area contributed by atoms with E-state index < -0.39 is 5.54 Å². The van der Waals surface area contributed by atoms with Crippen LogP contribution in [0.25, 0.3) is 0 Å². The van der Waals surface area contributed by atoms with Crippen LogP contribution in [0.3, 0.4) is 0 Å². The molecule has 3 rings (SSSR count). The van der Waals surface area contributed by atoms with Gasteiger partial charge < -0.3 is 15.4 Å². The molecule has 1 aliphatic heterocycles. The maximum atomic E-state index is 12.8. The molecule has 5 heteroatoms. The van der Waals surface area contributed by atoms with Crippen LogP contribution in [0, 0.1) is 17.3 Å². The summed E-state index contributed by atoms with van der Waals surface area (Å²) < 4.78 is 5.04. The molecule has 1 atom stereocenters. The van der Waals surface area contributed by atoms with Gasteiger partial charge in [0.15, 0.2) is 0 Å². The molecule has 0 aromatic heterocycles. The third-order valence-corrected chi connectivity index (χ3v) is 6.58. The van der Waals surface area contributed by atoms with E-state index in [4.69, 9.17) is 4.74 Å². The number of rotatable bonds is 4. The van der Waals surface area contributed by atoms with Gasteiger partial charge in [0.1, 0.15) is 5.54 Å². The minimum absolute atomic E-state index is 0.0762. The number of piperidine rings is 1. The first kappa shape index (κ1) is 16.7. The van der Waals surface area contributed by atoms with E-state index >= 15 is 0 Å². The number of methoxy groups -OCH3 is 1. The Labute approximate surface area is 138 Å². The second kappa shape index (κ2) is 6.42. The maximum Gasteiger partial charge on any atom is 0.331 e. The lowest BCUT2D eigenvalue weighted by Crippen LogP contribution is -2.57. The number of carbonyl (C=O) groups excluding carboxylic acids is 2. The lowest BCUT2D eigenvalue weighted by atomic mass is 9.75. The van der Waals surface area contributed by atoms with Crippen LogP contribution < -0.4 is 10.6 Å². The van der Waals surface area contributed by atoms with Gasteiger partial charge in [0.2, 0.25) is 5.91 Å². The van der Waals surface area contributed by atoms with E-state index in [0.717, 1.165) is 51.6 Å². The van der Waals surface area contributed by atoms with Crippen molar-refractivity contribution in [1.82, 2.24) is 10.6 Å². The van der Waals surface area contributed by atoms with Crippen LogP contribution in [-0.4, -0.2) is 37.6 Å². The highest BCUT2D eigenvalue weighted by Gasteiger charge is 2.59. The van der Waals surface area contributed by atoms with Crippen molar-refractivity contribution in [1.29, 1.82) is 0 Å². The lowest BCUT2D eigenvalue weighted by molar-refractivity contribution is -0.153. The first-order valence-electron chi connectivity index (χ1n) is 9.16. The Morgan fingerprint density at radius 3 is 2.39 bits per heavy atom. The van der Waals surface area contributed by atoms with Gasteiger partial charge in [0, 0.05) is 5.92 Å². The highest BCUT2D eigenvalue weighted by atomic mass is 16.5. The van der Waals surface area contributed by atoms with E-state index in [2.05, 4.69) is 17.6 Å². The van der Waals surface area contributed by atoms with Crippen molar-refractivity contribution in [3.8, 4) is 0 Å². The van der Waals surface area contributed by atoms with Gasteiger partial charge in [-0.05, 0) is 69.4 Å². The number of hydrogen-bond donors (Lipinski definition) is 2. The molecule has 3 fully saturated rings. The Hall–Kier alpha value is -1.10. The van der Waals surface area contributed by atoms with Crippen molar-refractivity contribution >= 4 is 11.9 Å². The molecule has 1 saturated heterocycles. The zero-order valence-corrected chi connectivity index (χ0v) is 14.5. The van der Waals surface area contributed by atoms with Crippen molar-refractivity contribution < 1.29 is 14.3 Å². The van der Waals surface area contributed by atoms with Gasteiger partial charge in [-0.15, -0.1) is 0 Å². The van der Waals surface area contributed by atoms with Crippen LogP contribution in [0.15, 0.2) is 0 Å². The standard InChI is InChI=1S/C18H30N2O3/c1-3-13-4-6-18(7-5-13,16(22)23-2)20-15(21)14-12-17(14)8-10-19-11-9-17/h13-14,19H,3-12H2,1-2H3,(H,20,21). The predicted octanol–water partition coefficient (Wildman–Crippen LogP) is 2.00. The topological polar surface area (TPSA) is 67.4 Å². The molecule has 0 bridgehead atoms. The van der Waals surface area contributed by atoms with Gasteiger partial charge >= 0.3 is 5.97 Å². The quantitative estimate of drug-likeness (QED) is 0.777. The molecule has 0 aromatic carbocycles. The van der Waals surface area contributed by atoms with Gasteiger partial charge in [0.25, 0.3) is 0 Å². The number of hydrogen-bond acceptors (Lipinski definition) is 4. The maximum absolute atomic E-state index is 12.8. The van der Waals surface area contributed by atoms with Crippen LogP contribution in [0.4, 0.5) is 0 Å². The molecule has 2 aliphatic carbocycles. The summed E-state index contributed by atoms with van der Waals surface area (Å²) >= 11 is 0. The fourth-order valence-corrected chi connectivity index (χ4v) is 4.67. The smallest absolute Gasteiger partial charge is 0.331 e.